The molecule has 1 fully saturated rings. The van der Waals surface area contributed by atoms with Crippen molar-refractivity contribution in [1.29, 1.82) is 0 Å². The number of amides is 2. The van der Waals surface area contributed by atoms with E-state index in [1.165, 1.54) is 54.1 Å². The second kappa shape index (κ2) is 10.3. The van der Waals surface area contributed by atoms with E-state index in [2.05, 4.69) is 5.32 Å². The number of nitrogens with zero attached hydrogens (tertiary/aromatic N) is 2. The van der Waals surface area contributed by atoms with Crippen LogP contribution in [0.25, 0.3) is 10.9 Å². The van der Waals surface area contributed by atoms with Gasteiger partial charge in [0.2, 0.25) is 11.8 Å². The molecule has 13 heteroatoms. The first-order valence-electron chi connectivity index (χ1n) is 11.2. The van der Waals surface area contributed by atoms with E-state index in [9.17, 15) is 37.5 Å². The average molecular weight is 554 g/mol. The minimum absolute atomic E-state index is 0.106. The van der Waals surface area contributed by atoms with E-state index < -0.39 is 37.4 Å². The van der Waals surface area contributed by atoms with Crippen molar-refractivity contribution >= 4 is 53.0 Å². The third-order valence-corrected chi connectivity index (χ3v) is 7.49. The highest BCUT2D eigenvalue weighted by Gasteiger charge is 2.39. The van der Waals surface area contributed by atoms with Gasteiger partial charge in [-0.2, -0.15) is 0 Å². The number of halogens is 3. The molecule has 37 heavy (non-hydrogen) atoms. The van der Waals surface area contributed by atoms with E-state index in [1.807, 2.05) is 0 Å². The molecule has 1 aliphatic rings. The quantitative estimate of drug-likeness (QED) is 0.305. The molecule has 0 bridgehead atoms. The smallest absolute Gasteiger partial charge is 0.350 e. The molecular weight excluding hydrogens is 531 g/mol. The molecule has 2 amide bonds. The first-order chi connectivity index (χ1) is 17.4. The normalized spacial score (nSPS) is 17.8. The Morgan fingerprint density at radius 3 is 2.62 bits per heavy atom. The van der Waals surface area contributed by atoms with Gasteiger partial charge in [0.05, 0.1) is 16.9 Å². The molecule has 9 nitrogen and oxygen atoms in total. The molecule has 0 saturated carbocycles. The van der Waals surface area contributed by atoms with Crippen LogP contribution in [0.4, 0.5) is 8.78 Å². The molecule has 0 spiro atoms. The number of benzene rings is 2. The summed E-state index contributed by atoms with van der Waals surface area (Å²) in [6.07, 6.45) is -0.289. The lowest BCUT2D eigenvalue weighted by atomic mass is 10.1. The lowest BCUT2D eigenvalue weighted by Crippen LogP contribution is -2.46. The van der Waals surface area contributed by atoms with E-state index in [1.54, 1.807) is 0 Å². The third-order valence-electron chi connectivity index (χ3n) is 6.24. The predicted octanol–water partition coefficient (Wildman–Crippen LogP) is 2.69. The Bertz CT molecular complexity index is 1460. The molecular formula is C24H23ClF2N3O6P. The molecule has 2 atom stereocenters. The summed E-state index contributed by atoms with van der Waals surface area (Å²) in [6.45, 7) is 0.414. The van der Waals surface area contributed by atoms with Crippen LogP contribution in [0.5, 0.6) is 0 Å². The number of Topliss-reactive ketones (excluding diaryl/α,β-unsaturated/α-hetero) is 1. The highest BCUT2D eigenvalue weighted by atomic mass is 35.5. The Morgan fingerprint density at radius 2 is 1.95 bits per heavy atom. The van der Waals surface area contributed by atoms with E-state index >= 15 is 0 Å². The molecule has 2 heterocycles. The van der Waals surface area contributed by atoms with E-state index in [0.717, 1.165) is 4.90 Å². The fourth-order valence-electron chi connectivity index (χ4n) is 4.41. The zero-order valence-corrected chi connectivity index (χ0v) is 21.2. The maximum Gasteiger partial charge on any atom is 0.356 e. The summed E-state index contributed by atoms with van der Waals surface area (Å²) in [5, 5.41) is 2.39. The lowest BCUT2D eigenvalue weighted by molar-refractivity contribution is -0.139. The van der Waals surface area contributed by atoms with E-state index in [-0.39, 0.29) is 58.7 Å². The maximum absolute atomic E-state index is 14.3. The van der Waals surface area contributed by atoms with Gasteiger partial charge in [-0.05, 0) is 31.2 Å². The largest absolute Gasteiger partial charge is 0.356 e. The van der Waals surface area contributed by atoms with E-state index in [0.29, 0.717) is 5.52 Å². The van der Waals surface area contributed by atoms with Gasteiger partial charge in [0.1, 0.15) is 24.6 Å². The zero-order chi connectivity index (χ0) is 27.1. The summed E-state index contributed by atoms with van der Waals surface area (Å²) >= 11 is 5.76. The molecule has 0 aliphatic carbocycles. The Balaban J connectivity index is 1.55. The average Bonchev–Trinajstić information content (AvgIpc) is 3.40. The first kappa shape index (κ1) is 26.9. The Morgan fingerprint density at radius 1 is 1.22 bits per heavy atom. The first-order valence-corrected chi connectivity index (χ1v) is 13.2. The topological polar surface area (TPSA) is 129 Å². The molecule has 1 saturated heterocycles. The number of nitrogens with one attached hydrogen (secondary N) is 1. The molecule has 0 radical (unpaired) electrons. The molecule has 2 aromatic carbocycles. The van der Waals surface area contributed by atoms with Gasteiger partial charge in [-0.25, -0.2) is 8.78 Å². The number of hydrogen-bond donors (Lipinski definition) is 3. The molecule has 1 aromatic heterocycles. The molecule has 3 N–H and O–H groups in total. The van der Waals surface area contributed by atoms with Crippen LogP contribution in [-0.4, -0.2) is 55.6 Å². The van der Waals surface area contributed by atoms with Crippen LogP contribution in [0, 0.1) is 5.82 Å². The number of rotatable bonds is 7. The van der Waals surface area contributed by atoms with Crippen LogP contribution in [-0.2, 0) is 27.2 Å². The van der Waals surface area contributed by atoms with Crippen molar-refractivity contribution in [3.05, 3.63) is 64.6 Å². The molecule has 3 aromatic rings. The van der Waals surface area contributed by atoms with Crippen molar-refractivity contribution in [3.8, 4) is 0 Å². The van der Waals surface area contributed by atoms with Crippen molar-refractivity contribution in [2.45, 2.75) is 38.6 Å². The summed E-state index contributed by atoms with van der Waals surface area (Å²) in [5.74, 6) is -2.31. The molecule has 2 unspecified atom stereocenters. The monoisotopic (exact) mass is 553 g/mol. The second-order valence-electron chi connectivity index (χ2n) is 8.80. The minimum atomic E-state index is -4.58. The summed E-state index contributed by atoms with van der Waals surface area (Å²) in [7, 11) is -4.58. The number of aromatic nitrogens is 1. The number of ketones is 1. The van der Waals surface area contributed by atoms with Crippen LogP contribution < -0.4 is 10.6 Å². The highest BCUT2D eigenvalue weighted by molar-refractivity contribution is 7.60. The summed E-state index contributed by atoms with van der Waals surface area (Å²) in [4.78, 5) is 58.2. The van der Waals surface area contributed by atoms with Gasteiger partial charge in [-0.3, -0.25) is 18.9 Å². The van der Waals surface area contributed by atoms with Crippen LogP contribution >= 0.6 is 19.2 Å². The fraction of sp³-hybridized carbons (Fsp3) is 0.292. The molecule has 4 rings (SSSR count). The van der Waals surface area contributed by atoms with E-state index in [4.69, 9.17) is 11.6 Å². The number of fused-ring (bicyclic) bond motifs is 1. The van der Waals surface area contributed by atoms with Crippen molar-refractivity contribution in [3.63, 3.8) is 0 Å². The number of hydrogen-bond acceptors (Lipinski definition) is 4. The van der Waals surface area contributed by atoms with Gasteiger partial charge in [0, 0.05) is 41.2 Å². The van der Waals surface area contributed by atoms with Crippen LogP contribution in [0.1, 0.15) is 29.3 Å². The van der Waals surface area contributed by atoms with Crippen LogP contribution in [0.15, 0.2) is 42.6 Å². The SMILES string of the molecule is CC(=O)c1cn(CC(=O)N2CC(F)CC2C(=O)NCc2cccc(Cl)c2F)c2ccc(P(=O)(O)O)cc12. The standard InChI is InChI=1S/C24H23ClF2N3O6P/c1-13(31)18-11-29(20-6-5-16(8-17(18)20)37(34,35)36)12-22(32)30-10-15(26)7-21(30)24(33)28-9-14-3-2-4-19(25)23(14)27/h2-6,8,11,15,21H,7,9-10,12H2,1H3,(H,28,33)(H2,34,35,36). The number of carbonyl (C=O) groups is 3. The second-order valence-corrected chi connectivity index (χ2v) is 10.8. The van der Waals surface area contributed by atoms with Crippen molar-refractivity contribution in [2.24, 2.45) is 0 Å². The lowest BCUT2D eigenvalue weighted by Gasteiger charge is -2.24. The predicted molar refractivity (Wildman–Crippen MR) is 132 cm³/mol. The summed E-state index contributed by atoms with van der Waals surface area (Å²) in [5.41, 5.74) is 0.656. The summed E-state index contributed by atoms with van der Waals surface area (Å²) < 4.78 is 41.5. The number of carbonyl (C=O) groups excluding carboxylic acids is 3. The van der Waals surface area contributed by atoms with Gasteiger partial charge in [0.15, 0.2) is 5.78 Å². The molecule has 196 valence electrons. The fourth-order valence-corrected chi connectivity index (χ4v) is 5.17. The Hall–Kier alpha value is -3.11. The van der Waals surface area contributed by atoms with Crippen LogP contribution in [0.2, 0.25) is 5.02 Å². The van der Waals surface area contributed by atoms with Crippen LogP contribution in [0.3, 0.4) is 0 Å². The van der Waals surface area contributed by atoms with Crippen molar-refractivity contribution in [2.75, 3.05) is 6.54 Å². The third kappa shape index (κ3) is 5.60. The van der Waals surface area contributed by atoms with Gasteiger partial charge >= 0.3 is 7.60 Å². The maximum atomic E-state index is 14.3. The number of alkyl halides is 1. The Labute approximate surface area is 215 Å². The van der Waals surface area contributed by atoms with Gasteiger partial charge in [-0.15, -0.1) is 0 Å². The van der Waals surface area contributed by atoms with Gasteiger partial charge in [0.25, 0.3) is 0 Å². The zero-order valence-electron chi connectivity index (χ0n) is 19.5. The minimum Gasteiger partial charge on any atom is -0.350 e. The molecule has 1 aliphatic heterocycles. The highest BCUT2D eigenvalue weighted by Crippen LogP contribution is 2.35. The van der Waals surface area contributed by atoms with Gasteiger partial charge < -0.3 is 24.6 Å². The van der Waals surface area contributed by atoms with Crippen molar-refractivity contribution < 1.29 is 37.5 Å². The van der Waals surface area contributed by atoms with Crippen molar-refractivity contribution in [1.82, 2.24) is 14.8 Å². The number of likely N-dealkylation sites (tertiary alicyclic amines) is 1. The Kier molecular flexibility index (Phi) is 7.52. The van der Waals surface area contributed by atoms with Gasteiger partial charge in [-0.1, -0.05) is 23.7 Å². The summed E-state index contributed by atoms with van der Waals surface area (Å²) in [6, 6.07) is 6.99.